The summed E-state index contributed by atoms with van der Waals surface area (Å²) in [6.07, 6.45) is -1.28. The maximum atomic E-state index is 12.5. The number of aliphatic hydroxyl groups excluding tert-OH is 1. The minimum Gasteiger partial charge on any atom is -0.382 e. The Morgan fingerprint density at radius 1 is 1.17 bits per heavy atom. The van der Waals surface area contributed by atoms with Gasteiger partial charge in [0.2, 0.25) is 0 Å². The number of aromatic nitrogens is 2. The Kier molecular flexibility index (Phi) is 5.24. The average Bonchev–Trinajstić information content (AvgIpc) is 2.96. The molecule has 1 aromatic heterocycles. The molecule has 1 saturated carbocycles. The van der Waals surface area contributed by atoms with Crippen molar-refractivity contribution in [2.75, 3.05) is 25.0 Å². The predicted molar refractivity (Wildman–Crippen MR) is 84.1 cm³/mol. The lowest BCUT2D eigenvalue weighted by Gasteiger charge is -2.19. The molecule has 1 atom stereocenters. The lowest BCUT2D eigenvalue weighted by atomic mass is 10.0. The summed E-state index contributed by atoms with van der Waals surface area (Å²) in [6, 6.07) is 0. The molecule has 1 fully saturated rings. The van der Waals surface area contributed by atoms with Gasteiger partial charge in [-0.2, -0.15) is 13.2 Å². The van der Waals surface area contributed by atoms with Crippen molar-refractivity contribution < 1.29 is 18.3 Å². The van der Waals surface area contributed by atoms with Gasteiger partial charge in [0.15, 0.2) is 6.10 Å². The Morgan fingerprint density at radius 2 is 1.88 bits per heavy atom. The van der Waals surface area contributed by atoms with Gasteiger partial charge in [0.1, 0.15) is 11.6 Å². The number of nitrogens with one attached hydrogen (secondary N) is 2. The van der Waals surface area contributed by atoms with Crippen LogP contribution in [0.15, 0.2) is 0 Å². The lowest BCUT2D eigenvalue weighted by Crippen LogP contribution is -2.35. The van der Waals surface area contributed by atoms with Crippen molar-refractivity contribution in [1.29, 1.82) is 0 Å². The zero-order valence-electron chi connectivity index (χ0n) is 13.5. The van der Waals surface area contributed by atoms with Crippen molar-refractivity contribution in [1.82, 2.24) is 15.3 Å². The molecular weight excluding hydrogens is 321 g/mol. The molecule has 1 aliphatic carbocycles. The monoisotopic (exact) mass is 344 g/mol. The quantitative estimate of drug-likeness (QED) is 0.781. The van der Waals surface area contributed by atoms with Crippen molar-refractivity contribution in [2.24, 2.45) is 0 Å². The van der Waals surface area contributed by atoms with E-state index in [4.69, 9.17) is 4.98 Å². The highest BCUT2D eigenvalue weighted by Gasteiger charge is 2.38. The largest absolute Gasteiger partial charge is 0.416 e. The van der Waals surface area contributed by atoms with Gasteiger partial charge in [-0.25, -0.2) is 9.97 Å². The molecule has 2 aliphatic rings. The third-order valence-electron chi connectivity index (χ3n) is 4.76. The highest BCUT2D eigenvalue weighted by atomic mass is 19.4. The van der Waals surface area contributed by atoms with Gasteiger partial charge in [-0.05, 0) is 25.8 Å². The fourth-order valence-electron chi connectivity index (χ4n) is 3.39. The van der Waals surface area contributed by atoms with Crippen LogP contribution in [0.25, 0.3) is 0 Å². The summed E-state index contributed by atoms with van der Waals surface area (Å²) < 4.78 is 37.6. The lowest BCUT2D eigenvalue weighted by molar-refractivity contribution is -0.198. The third-order valence-corrected chi connectivity index (χ3v) is 4.76. The Morgan fingerprint density at radius 3 is 2.58 bits per heavy atom. The van der Waals surface area contributed by atoms with Crippen molar-refractivity contribution in [2.45, 2.75) is 56.7 Å². The van der Waals surface area contributed by atoms with Crippen LogP contribution in [0, 0.1) is 0 Å². The van der Waals surface area contributed by atoms with Crippen LogP contribution in [-0.2, 0) is 12.8 Å². The van der Waals surface area contributed by atoms with Gasteiger partial charge >= 0.3 is 6.18 Å². The summed E-state index contributed by atoms with van der Waals surface area (Å²) >= 11 is 0. The molecule has 2 heterocycles. The molecule has 0 saturated heterocycles. The molecule has 0 aromatic carbocycles. The number of hydrogen-bond donors (Lipinski definition) is 3. The standard InChI is InChI=1S/C16H23F3N4O/c17-16(18,19)13(24)9-21-15-11-5-7-20-8-6-12(11)22-14(23-15)10-3-1-2-4-10/h10,13,20,24H,1-9H2,(H,21,22,23)/t13-/m1/s1. The van der Waals surface area contributed by atoms with Crippen LogP contribution in [0.4, 0.5) is 19.0 Å². The smallest absolute Gasteiger partial charge is 0.382 e. The summed E-state index contributed by atoms with van der Waals surface area (Å²) in [5.41, 5.74) is 1.79. The zero-order valence-corrected chi connectivity index (χ0v) is 13.5. The SMILES string of the molecule is O[C@H](CNc1nc(C2CCCC2)nc2c1CCNCC2)C(F)(F)F. The van der Waals surface area contributed by atoms with E-state index in [1.165, 1.54) is 0 Å². The molecule has 24 heavy (non-hydrogen) atoms. The highest BCUT2D eigenvalue weighted by Crippen LogP contribution is 2.34. The van der Waals surface area contributed by atoms with Crippen LogP contribution in [0.3, 0.4) is 0 Å². The minimum absolute atomic E-state index is 0.291. The summed E-state index contributed by atoms with van der Waals surface area (Å²) in [5.74, 6) is 1.48. The van der Waals surface area contributed by atoms with E-state index in [2.05, 4.69) is 15.6 Å². The number of hydrogen-bond acceptors (Lipinski definition) is 5. The number of aliphatic hydroxyl groups is 1. The van der Waals surface area contributed by atoms with Gasteiger partial charge in [0.25, 0.3) is 0 Å². The Balaban J connectivity index is 1.85. The van der Waals surface area contributed by atoms with E-state index in [0.717, 1.165) is 62.3 Å². The molecule has 0 radical (unpaired) electrons. The molecule has 1 aliphatic heterocycles. The number of fused-ring (bicyclic) bond motifs is 1. The van der Waals surface area contributed by atoms with Crippen molar-refractivity contribution >= 4 is 5.82 Å². The summed E-state index contributed by atoms with van der Waals surface area (Å²) in [7, 11) is 0. The van der Waals surface area contributed by atoms with E-state index >= 15 is 0 Å². The summed E-state index contributed by atoms with van der Waals surface area (Å²) in [6.45, 7) is 0.957. The molecule has 0 unspecified atom stereocenters. The molecule has 134 valence electrons. The van der Waals surface area contributed by atoms with Crippen LogP contribution < -0.4 is 10.6 Å². The molecule has 0 bridgehead atoms. The Bertz CT molecular complexity index is 573. The predicted octanol–water partition coefficient (Wildman–Crippen LogP) is 2.16. The molecule has 3 N–H and O–H groups in total. The molecule has 3 rings (SSSR count). The first kappa shape index (κ1) is 17.4. The molecule has 0 amide bonds. The van der Waals surface area contributed by atoms with Crippen LogP contribution in [0.1, 0.15) is 48.7 Å². The first-order valence-electron chi connectivity index (χ1n) is 8.54. The van der Waals surface area contributed by atoms with E-state index < -0.39 is 18.8 Å². The third kappa shape index (κ3) is 3.97. The van der Waals surface area contributed by atoms with Gasteiger partial charge in [-0.1, -0.05) is 12.8 Å². The Hall–Kier alpha value is -1.41. The first-order chi connectivity index (χ1) is 11.4. The number of alkyl halides is 3. The van der Waals surface area contributed by atoms with Gasteiger partial charge in [0, 0.05) is 24.4 Å². The van der Waals surface area contributed by atoms with E-state index in [1.807, 2.05) is 0 Å². The fraction of sp³-hybridized carbons (Fsp3) is 0.750. The molecule has 8 heteroatoms. The number of anilines is 1. The maximum Gasteiger partial charge on any atom is 0.416 e. The van der Waals surface area contributed by atoms with Crippen LogP contribution >= 0.6 is 0 Å². The molecular formula is C16H23F3N4O. The number of halogens is 3. The maximum absolute atomic E-state index is 12.5. The second-order valence-corrected chi connectivity index (χ2v) is 6.53. The topological polar surface area (TPSA) is 70.1 Å². The van der Waals surface area contributed by atoms with E-state index in [0.29, 0.717) is 18.2 Å². The van der Waals surface area contributed by atoms with Crippen molar-refractivity contribution in [3.05, 3.63) is 17.1 Å². The molecule has 5 nitrogen and oxygen atoms in total. The number of rotatable bonds is 4. The number of nitrogens with zero attached hydrogens (tertiary/aromatic N) is 2. The highest BCUT2D eigenvalue weighted by molar-refractivity contribution is 5.48. The van der Waals surface area contributed by atoms with Crippen molar-refractivity contribution in [3.8, 4) is 0 Å². The fourth-order valence-corrected chi connectivity index (χ4v) is 3.39. The van der Waals surface area contributed by atoms with Gasteiger partial charge < -0.3 is 15.7 Å². The van der Waals surface area contributed by atoms with Crippen molar-refractivity contribution in [3.63, 3.8) is 0 Å². The van der Waals surface area contributed by atoms with Crippen LogP contribution in [-0.4, -0.2) is 47.0 Å². The second kappa shape index (κ2) is 7.23. The normalized spacial score (nSPS) is 20.5. The van der Waals surface area contributed by atoms with Gasteiger partial charge in [0.05, 0.1) is 12.2 Å². The first-order valence-corrected chi connectivity index (χ1v) is 8.54. The summed E-state index contributed by atoms with van der Waals surface area (Å²) in [5, 5.41) is 15.2. The van der Waals surface area contributed by atoms with E-state index in [-0.39, 0.29) is 0 Å². The van der Waals surface area contributed by atoms with E-state index in [9.17, 15) is 18.3 Å². The van der Waals surface area contributed by atoms with Gasteiger partial charge in [-0.3, -0.25) is 0 Å². The second-order valence-electron chi connectivity index (χ2n) is 6.53. The Labute approximate surface area is 139 Å². The minimum atomic E-state index is -4.63. The molecule has 0 spiro atoms. The van der Waals surface area contributed by atoms with Crippen LogP contribution in [0.2, 0.25) is 0 Å². The average molecular weight is 344 g/mol. The summed E-state index contributed by atoms with van der Waals surface area (Å²) in [4.78, 5) is 9.25. The van der Waals surface area contributed by atoms with Crippen LogP contribution in [0.5, 0.6) is 0 Å². The van der Waals surface area contributed by atoms with Gasteiger partial charge in [-0.15, -0.1) is 0 Å². The zero-order chi connectivity index (χ0) is 17.2. The molecule has 1 aromatic rings. The van der Waals surface area contributed by atoms with E-state index in [1.54, 1.807) is 0 Å².